The van der Waals surface area contributed by atoms with E-state index in [0.29, 0.717) is 10.9 Å². The van der Waals surface area contributed by atoms with Gasteiger partial charge in [-0.3, -0.25) is 0 Å². The summed E-state index contributed by atoms with van der Waals surface area (Å²) >= 11 is 6.06. The molecule has 1 aromatic rings. The highest BCUT2D eigenvalue weighted by atomic mass is 35.5. The zero-order valence-corrected chi connectivity index (χ0v) is 8.92. The Hall–Kier alpha value is -1.06. The van der Waals surface area contributed by atoms with E-state index in [9.17, 15) is 4.79 Å². The molecule has 1 aliphatic heterocycles. The van der Waals surface area contributed by atoms with E-state index in [4.69, 9.17) is 16.7 Å². The van der Waals surface area contributed by atoms with Crippen molar-refractivity contribution in [2.45, 2.75) is 12.3 Å². The Balaban J connectivity index is 2.29. The van der Waals surface area contributed by atoms with Gasteiger partial charge >= 0.3 is 5.97 Å². The lowest BCUT2D eigenvalue weighted by molar-refractivity contribution is 0.0697. The van der Waals surface area contributed by atoms with E-state index < -0.39 is 5.97 Å². The van der Waals surface area contributed by atoms with E-state index in [0.717, 1.165) is 25.1 Å². The molecule has 1 atom stereocenters. The average molecular weight is 226 g/mol. The maximum Gasteiger partial charge on any atom is 0.335 e. The summed E-state index contributed by atoms with van der Waals surface area (Å²) in [6, 6.07) is 4.96. The second kappa shape index (κ2) is 4.21. The molecule has 0 bridgehead atoms. The molecule has 2 N–H and O–H groups in total. The third kappa shape index (κ3) is 2.13. The highest BCUT2D eigenvalue weighted by Gasteiger charge is 2.19. The Labute approximate surface area is 93.1 Å². The largest absolute Gasteiger partial charge is 0.478 e. The van der Waals surface area contributed by atoms with Crippen LogP contribution in [-0.4, -0.2) is 24.2 Å². The molecule has 1 aliphatic rings. The molecule has 0 aromatic heterocycles. The van der Waals surface area contributed by atoms with Gasteiger partial charge < -0.3 is 10.4 Å². The number of nitrogens with one attached hydrogen (secondary N) is 1. The van der Waals surface area contributed by atoms with Crippen LogP contribution in [0.1, 0.15) is 28.3 Å². The Morgan fingerprint density at radius 1 is 1.53 bits per heavy atom. The molecule has 4 heteroatoms. The van der Waals surface area contributed by atoms with Crippen LogP contribution in [0.4, 0.5) is 0 Å². The number of carbonyl (C=O) groups is 1. The minimum atomic E-state index is -0.937. The lowest BCUT2D eigenvalue weighted by Crippen LogP contribution is -2.08. The van der Waals surface area contributed by atoms with Crippen molar-refractivity contribution < 1.29 is 9.90 Å². The predicted octanol–water partition coefficient (Wildman–Crippen LogP) is 2.12. The van der Waals surface area contributed by atoms with Crippen LogP contribution in [0.25, 0.3) is 0 Å². The maximum absolute atomic E-state index is 10.7. The molecule has 0 amide bonds. The summed E-state index contributed by atoms with van der Waals surface area (Å²) in [4.78, 5) is 10.7. The maximum atomic E-state index is 10.7. The summed E-state index contributed by atoms with van der Waals surface area (Å²) in [5, 5.41) is 12.6. The van der Waals surface area contributed by atoms with Gasteiger partial charge in [0.15, 0.2) is 0 Å². The van der Waals surface area contributed by atoms with Gasteiger partial charge in [0.1, 0.15) is 0 Å². The molecule has 0 spiro atoms. The first-order valence-corrected chi connectivity index (χ1v) is 5.29. The molecule has 1 heterocycles. The van der Waals surface area contributed by atoms with Crippen LogP contribution >= 0.6 is 11.6 Å². The fourth-order valence-electron chi connectivity index (χ4n) is 1.91. The number of hydrogen-bond acceptors (Lipinski definition) is 2. The van der Waals surface area contributed by atoms with Crippen molar-refractivity contribution in [2.24, 2.45) is 0 Å². The number of hydrogen-bond donors (Lipinski definition) is 2. The fraction of sp³-hybridized carbons (Fsp3) is 0.364. The van der Waals surface area contributed by atoms with Crippen LogP contribution in [0.3, 0.4) is 0 Å². The third-order valence-corrected chi connectivity index (χ3v) is 3.07. The van der Waals surface area contributed by atoms with E-state index in [1.807, 2.05) is 6.07 Å². The lowest BCUT2D eigenvalue weighted by Gasteiger charge is -2.11. The molecule has 15 heavy (non-hydrogen) atoms. The Morgan fingerprint density at radius 3 is 2.87 bits per heavy atom. The standard InChI is InChI=1S/C11H12ClNO2/c12-10-5-7(11(14)15)1-2-9(10)8-3-4-13-6-8/h1-2,5,8,13H,3-4,6H2,(H,14,15). The van der Waals surface area contributed by atoms with Crippen LogP contribution in [0.2, 0.25) is 5.02 Å². The van der Waals surface area contributed by atoms with Crippen molar-refractivity contribution in [3.63, 3.8) is 0 Å². The summed E-state index contributed by atoms with van der Waals surface area (Å²) in [6.45, 7) is 1.92. The van der Waals surface area contributed by atoms with E-state index in [2.05, 4.69) is 5.32 Å². The van der Waals surface area contributed by atoms with Crippen LogP contribution < -0.4 is 5.32 Å². The quantitative estimate of drug-likeness (QED) is 0.811. The van der Waals surface area contributed by atoms with Gasteiger partial charge in [-0.15, -0.1) is 0 Å². The van der Waals surface area contributed by atoms with Crippen LogP contribution in [0, 0.1) is 0 Å². The van der Waals surface area contributed by atoms with Crippen LogP contribution in [0.5, 0.6) is 0 Å². The molecule has 0 radical (unpaired) electrons. The highest BCUT2D eigenvalue weighted by Crippen LogP contribution is 2.29. The summed E-state index contributed by atoms with van der Waals surface area (Å²) in [5.41, 5.74) is 1.29. The van der Waals surface area contributed by atoms with Gasteiger partial charge in [-0.1, -0.05) is 17.7 Å². The van der Waals surface area contributed by atoms with Crippen molar-refractivity contribution in [1.29, 1.82) is 0 Å². The summed E-state index contributed by atoms with van der Waals surface area (Å²) in [6.07, 6.45) is 1.06. The van der Waals surface area contributed by atoms with Gasteiger partial charge in [0, 0.05) is 11.6 Å². The second-order valence-electron chi connectivity index (χ2n) is 3.73. The molecule has 0 aliphatic carbocycles. The smallest absolute Gasteiger partial charge is 0.335 e. The monoisotopic (exact) mass is 225 g/mol. The van der Waals surface area contributed by atoms with Gasteiger partial charge in [0.25, 0.3) is 0 Å². The average Bonchev–Trinajstić information content (AvgIpc) is 2.70. The minimum Gasteiger partial charge on any atom is -0.478 e. The molecular formula is C11H12ClNO2. The SMILES string of the molecule is O=C(O)c1ccc(C2CCNC2)c(Cl)c1. The molecule has 1 saturated heterocycles. The first-order valence-electron chi connectivity index (χ1n) is 4.92. The van der Waals surface area contributed by atoms with Crippen molar-refractivity contribution in [2.75, 3.05) is 13.1 Å². The molecule has 1 unspecified atom stereocenters. The van der Waals surface area contributed by atoms with Crippen molar-refractivity contribution in [3.05, 3.63) is 34.3 Å². The first-order chi connectivity index (χ1) is 7.18. The van der Waals surface area contributed by atoms with E-state index in [1.165, 1.54) is 6.07 Å². The van der Waals surface area contributed by atoms with E-state index in [1.54, 1.807) is 6.07 Å². The Morgan fingerprint density at radius 2 is 2.33 bits per heavy atom. The molecule has 3 nitrogen and oxygen atoms in total. The van der Waals surface area contributed by atoms with E-state index in [-0.39, 0.29) is 5.56 Å². The van der Waals surface area contributed by atoms with Gasteiger partial charge in [0.05, 0.1) is 5.56 Å². The normalized spacial score (nSPS) is 20.5. The summed E-state index contributed by atoms with van der Waals surface area (Å²) in [5.74, 6) is -0.520. The van der Waals surface area contributed by atoms with Crippen LogP contribution in [0.15, 0.2) is 18.2 Å². The Kier molecular flexibility index (Phi) is 2.93. The number of carboxylic acid groups (broad SMARTS) is 1. The topological polar surface area (TPSA) is 49.3 Å². The van der Waals surface area contributed by atoms with Crippen LogP contribution in [-0.2, 0) is 0 Å². The number of benzene rings is 1. The molecular weight excluding hydrogens is 214 g/mol. The fourth-order valence-corrected chi connectivity index (χ4v) is 2.25. The minimum absolute atomic E-state index is 0.245. The van der Waals surface area contributed by atoms with Gasteiger partial charge in [0.2, 0.25) is 0 Å². The second-order valence-corrected chi connectivity index (χ2v) is 4.14. The van der Waals surface area contributed by atoms with Gasteiger partial charge in [-0.2, -0.15) is 0 Å². The number of carboxylic acids is 1. The molecule has 2 rings (SSSR count). The molecule has 80 valence electrons. The summed E-state index contributed by atoms with van der Waals surface area (Å²) < 4.78 is 0. The van der Waals surface area contributed by atoms with Gasteiger partial charge in [-0.05, 0) is 36.6 Å². The van der Waals surface area contributed by atoms with Crippen molar-refractivity contribution in [1.82, 2.24) is 5.32 Å². The van der Waals surface area contributed by atoms with Crippen molar-refractivity contribution in [3.8, 4) is 0 Å². The number of halogens is 1. The third-order valence-electron chi connectivity index (χ3n) is 2.75. The predicted molar refractivity (Wildman–Crippen MR) is 58.6 cm³/mol. The van der Waals surface area contributed by atoms with Crippen molar-refractivity contribution >= 4 is 17.6 Å². The van der Waals surface area contributed by atoms with Gasteiger partial charge in [-0.25, -0.2) is 4.79 Å². The Bertz CT molecular complexity index is 386. The molecule has 1 aromatic carbocycles. The number of rotatable bonds is 2. The highest BCUT2D eigenvalue weighted by molar-refractivity contribution is 6.31. The zero-order chi connectivity index (χ0) is 10.8. The summed E-state index contributed by atoms with van der Waals surface area (Å²) in [7, 11) is 0. The zero-order valence-electron chi connectivity index (χ0n) is 8.16. The molecule has 1 fully saturated rings. The van der Waals surface area contributed by atoms with E-state index >= 15 is 0 Å². The lowest BCUT2D eigenvalue weighted by atomic mass is 9.97. The number of aromatic carboxylic acids is 1. The first kappa shape index (κ1) is 10.5. The molecule has 0 saturated carbocycles.